The Labute approximate surface area is 102 Å². The first-order valence-corrected chi connectivity index (χ1v) is 6.10. The number of nitrogens with zero attached hydrogens (tertiary/aromatic N) is 2. The molecule has 0 aliphatic carbocycles. The molecule has 0 bridgehead atoms. The van der Waals surface area contributed by atoms with Crippen LogP contribution in [-0.4, -0.2) is 36.1 Å². The highest BCUT2D eigenvalue weighted by Crippen LogP contribution is 2.23. The van der Waals surface area contributed by atoms with E-state index >= 15 is 0 Å². The van der Waals surface area contributed by atoms with Crippen LogP contribution in [0, 0.1) is 5.92 Å². The zero-order valence-corrected chi connectivity index (χ0v) is 10.5. The highest BCUT2D eigenvalue weighted by Gasteiger charge is 2.24. The molecule has 0 radical (unpaired) electrons. The van der Waals surface area contributed by atoms with Gasteiger partial charge >= 0.3 is 0 Å². The summed E-state index contributed by atoms with van der Waals surface area (Å²) < 4.78 is 0. The van der Waals surface area contributed by atoms with Gasteiger partial charge in [-0.15, -0.1) is 0 Å². The standard InChI is InChI=1S/C12H18ClN3/c1-9-8-16(2)7-5-11(9)15-12-10(13)4-3-6-14-12/h3-4,6,9,11H,5,7-8H2,1-2H3,(H,14,15). The molecule has 1 fully saturated rings. The van der Waals surface area contributed by atoms with Crippen LogP contribution in [0.1, 0.15) is 13.3 Å². The lowest BCUT2D eigenvalue weighted by Crippen LogP contribution is -2.43. The number of anilines is 1. The molecule has 0 amide bonds. The maximum Gasteiger partial charge on any atom is 0.144 e. The van der Waals surface area contributed by atoms with Crippen LogP contribution in [0.25, 0.3) is 0 Å². The highest BCUT2D eigenvalue weighted by atomic mass is 35.5. The SMILES string of the molecule is CC1CN(C)CCC1Nc1ncccc1Cl. The van der Waals surface area contributed by atoms with Gasteiger partial charge in [-0.1, -0.05) is 18.5 Å². The molecule has 3 nitrogen and oxygen atoms in total. The van der Waals surface area contributed by atoms with Gasteiger partial charge in [-0.05, 0) is 38.1 Å². The lowest BCUT2D eigenvalue weighted by atomic mass is 9.94. The van der Waals surface area contributed by atoms with Gasteiger partial charge in [0.2, 0.25) is 0 Å². The molecule has 0 saturated carbocycles. The molecule has 2 heterocycles. The minimum Gasteiger partial charge on any atom is -0.366 e. The molecule has 0 spiro atoms. The Hall–Kier alpha value is -0.800. The van der Waals surface area contributed by atoms with Crippen LogP contribution < -0.4 is 5.32 Å². The average molecular weight is 240 g/mol. The van der Waals surface area contributed by atoms with E-state index in [2.05, 4.69) is 29.2 Å². The maximum atomic E-state index is 6.08. The van der Waals surface area contributed by atoms with Crippen LogP contribution in [-0.2, 0) is 0 Å². The largest absolute Gasteiger partial charge is 0.366 e. The van der Waals surface area contributed by atoms with Gasteiger partial charge in [0.1, 0.15) is 5.82 Å². The Kier molecular flexibility index (Phi) is 3.66. The van der Waals surface area contributed by atoms with Crippen LogP contribution >= 0.6 is 11.6 Å². The second kappa shape index (κ2) is 5.02. The van der Waals surface area contributed by atoms with Crippen LogP contribution in [0.2, 0.25) is 5.02 Å². The number of rotatable bonds is 2. The minimum atomic E-state index is 0.476. The molecule has 1 aliphatic rings. The zero-order chi connectivity index (χ0) is 11.5. The Morgan fingerprint density at radius 2 is 2.38 bits per heavy atom. The second-order valence-electron chi connectivity index (χ2n) is 4.61. The van der Waals surface area contributed by atoms with E-state index in [1.807, 2.05) is 12.1 Å². The third-order valence-electron chi connectivity index (χ3n) is 3.19. The third kappa shape index (κ3) is 2.66. The number of aromatic nitrogens is 1. The molecule has 88 valence electrons. The van der Waals surface area contributed by atoms with Gasteiger partial charge in [0.05, 0.1) is 5.02 Å². The van der Waals surface area contributed by atoms with Crippen molar-refractivity contribution in [1.82, 2.24) is 9.88 Å². The fourth-order valence-corrected chi connectivity index (χ4v) is 2.41. The number of hydrogen-bond acceptors (Lipinski definition) is 3. The summed E-state index contributed by atoms with van der Waals surface area (Å²) in [5, 5.41) is 4.15. The average Bonchev–Trinajstić information content (AvgIpc) is 2.25. The van der Waals surface area contributed by atoms with Crippen molar-refractivity contribution in [1.29, 1.82) is 0 Å². The molecular formula is C12H18ClN3. The molecule has 16 heavy (non-hydrogen) atoms. The van der Waals surface area contributed by atoms with Crippen LogP contribution in [0.3, 0.4) is 0 Å². The summed E-state index contributed by atoms with van der Waals surface area (Å²) in [4.78, 5) is 6.63. The molecule has 1 aliphatic heterocycles. The summed E-state index contributed by atoms with van der Waals surface area (Å²) in [6.45, 7) is 4.53. The number of hydrogen-bond donors (Lipinski definition) is 1. The van der Waals surface area contributed by atoms with Crippen molar-refractivity contribution in [3.8, 4) is 0 Å². The summed E-state index contributed by atoms with van der Waals surface area (Å²) in [6, 6.07) is 4.20. The van der Waals surface area contributed by atoms with E-state index in [1.165, 1.54) is 0 Å². The summed E-state index contributed by atoms with van der Waals surface area (Å²) in [5.41, 5.74) is 0. The first-order valence-electron chi connectivity index (χ1n) is 5.72. The maximum absolute atomic E-state index is 6.08. The van der Waals surface area contributed by atoms with Gasteiger partial charge in [0.25, 0.3) is 0 Å². The molecule has 1 aromatic rings. The minimum absolute atomic E-state index is 0.476. The monoisotopic (exact) mass is 239 g/mol. The van der Waals surface area contributed by atoms with Crippen LogP contribution in [0.5, 0.6) is 0 Å². The van der Waals surface area contributed by atoms with Gasteiger partial charge in [0.15, 0.2) is 0 Å². The normalized spacial score (nSPS) is 26.7. The fourth-order valence-electron chi connectivity index (χ4n) is 2.24. The number of piperidine rings is 1. The molecule has 0 aromatic carbocycles. The van der Waals surface area contributed by atoms with Crippen molar-refractivity contribution in [3.05, 3.63) is 23.4 Å². The molecule has 1 saturated heterocycles. The quantitative estimate of drug-likeness (QED) is 0.860. The number of halogens is 1. The van der Waals surface area contributed by atoms with Crippen LogP contribution in [0.4, 0.5) is 5.82 Å². The van der Waals surface area contributed by atoms with Crippen molar-refractivity contribution in [2.45, 2.75) is 19.4 Å². The van der Waals surface area contributed by atoms with Gasteiger partial charge in [0, 0.05) is 18.8 Å². The molecule has 4 heteroatoms. The molecule has 1 N–H and O–H groups in total. The third-order valence-corrected chi connectivity index (χ3v) is 3.49. The fraction of sp³-hybridized carbons (Fsp3) is 0.583. The molecule has 2 unspecified atom stereocenters. The Balaban J connectivity index is 2.02. The summed E-state index contributed by atoms with van der Waals surface area (Å²) in [6.07, 6.45) is 2.92. The van der Waals surface area contributed by atoms with E-state index in [1.54, 1.807) is 6.20 Å². The van der Waals surface area contributed by atoms with Gasteiger partial charge in [-0.25, -0.2) is 4.98 Å². The lowest BCUT2D eigenvalue weighted by molar-refractivity contribution is 0.206. The summed E-state index contributed by atoms with van der Waals surface area (Å²) >= 11 is 6.08. The molecule has 1 aromatic heterocycles. The predicted octanol–water partition coefficient (Wildman–Crippen LogP) is 2.49. The first kappa shape index (κ1) is 11.7. The zero-order valence-electron chi connectivity index (χ0n) is 9.78. The van der Waals surface area contributed by atoms with Crippen molar-refractivity contribution in [3.63, 3.8) is 0 Å². The van der Waals surface area contributed by atoms with Gasteiger partial charge < -0.3 is 10.2 Å². The van der Waals surface area contributed by atoms with Crippen molar-refractivity contribution >= 4 is 17.4 Å². The van der Waals surface area contributed by atoms with Crippen molar-refractivity contribution in [2.24, 2.45) is 5.92 Å². The Bertz CT molecular complexity index is 356. The summed E-state index contributed by atoms with van der Waals surface area (Å²) in [5.74, 6) is 1.43. The van der Waals surface area contributed by atoms with Gasteiger partial charge in [-0.3, -0.25) is 0 Å². The smallest absolute Gasteiger partial charge is 0.144 e. The molecule has 2 rings (SSSR count). The van der Waals surface area contributed by atoms with E-state index in [-0.39, 0.29) is 0 Å². The van der Waals surface area contributed by atoms with Crippen LogP contribution in [0.15, 0.2) is 18.3 Å². The Morgan fingerprint density at radius 3 is 3.06 bits per heavy atom. The predicted molar refractivity (Wildman–Crippen MR) is 67.9 cm³/mol. The van der Waals surface area contributed by atoms with E-state index in [0.29, 0.717) is 17.0 Å². The number of likely N-dealkylation sites (tertiary alicyclic amines) is 1. The highest BCUT2D eigenvalue weighted by molar-refractivity contribution is 6.32. The van der Waals surface area contributed by atoms with E-state index in [9.17, 15) is 0 Å². The number of nitrogens with one attached hydrogen (secondary N) is 1. The van der Waals surface area contributed by atoms with E-state index < -0.39 is 0 Å². The molecule has 2 atom stereocenters. The molecular weight excluding hydrogens is 222 g/mol. The first-order chi connectivity index (χ1) is 7.66. The lowest BCUT2D eigenvalue weighted by Gasteiger charge is -2.35. The summed E-state index contributed by atoms with van der Waals surface area (Å²) in [7, 11) is 2.17. The topological polar surface area (TPSA) is 28.2 Å². The Morgan fingerprint density at radius 1 is 1.56 bits per heavy atom. The van der Waals surface area contributed by atoms with Gasteiger partial charge in [-0.2, -0.15) is 0 Å². The van der Waals surface area contributed by atoms with E-state index in [4.69, 9.17) is 11.6 Å². The van der Waals surface area contributed by atoms with E-state index in [0.717, 1.165) is 25.3 Å². The number of pyridine rings is 1. The van der Waals surface area contributed by atoms with Crippen molar-refractivity contribution < 1.29 is 0 Å². The van der Waals surface area contributed by atoms with Crippen molar-refractivity contribution in [2.75, 3.05) is 25.5 Å². The second-order valence-corrected chi connectivity index (χ2v) is 5.02.